The molecular formula is C26H25Cl2N5O3. The number of hydrogen-bond donors (Lipinski definition) is 1. The van der Waals surface area contributed by atoms with Crippen molar-refractivity contribution in [2.24, 2.45) is 0 Å². The highest BCUT2D eigenvalue weighted by molar-refractivity contribution is 6.34. The van der Waals surface area contributed by atoms with Crippen molar-refractivity contribution >= 4 is 40.0 Å². The number of amides is 1. The number of pyridine rings is 1. The Hall–Kier alpha value is -3.33. The summed E-state index contributed by atoms with van der Waals surface area (Å²) in [4.78, 5) is 43.4. The van der Waals surface area contributed by atoms with E-state index in [1.165, 1.54) is 20.9 Å². The van der Waals surface area contributed by atoms with Gasteiger partial charge in [-0.2, -0.15) is 0 Å². The Morgan fingerprint density at radius 1 is 0.972 bits per heavy atom. The zero-order valence-electron chi connectivity index (χ0n) is 19.7. The summed E-state index contributed by atoms with van der Waals surface area (Å²) in [5, 5.41) is 4.03. The number of benzene rings is 2. The molecule has 0 atom stereocenters. The van der Waals surface area contributed by atoms with E-state index in [1.807, 2.05) is 18.2 Å². The number of nitrogens with one attached hydrogen (secondary N) is 1. The molecule has 0 saturated carbocycles. The highest BCUT2D eigenvalue weighted by atomic mass is 35.5. The van der Waals surface area contributed by atoms with Crippen LogP contribution in [0.25, 0.3) is 16.6 Å². The Bertz CT molecular complexity index is 1550. The van der Waals surface area contributed by atoms with Crippen LogP contribution in [0.5, 0.6) is 0 Å². The molecule has 0 bridgehead atoms. The Morgan fingerprint density at radius 3 is 2.42 bits per heavy atom. The Morgan fingerprint density at radius 2 is 1.69 bits per heavy atom. The first-order valence-electron chi connectivity index (χ1n) is 11.7. The first-order valence-corrected chi connectivity index (χ1v) is 12.4. The van der Waals surface area contributed by atoms with Crippen molar-refractivity contribution in [2.45, 2.75) is 20.0 Å². The van der Waals surface area contributed by atoms with E-state index >= 15 is 0 Å². The van der Waals surface area contributed by atoms with Crippen molar-refractivity contribution in [1.82, 2.24) is 24.1 Å². The van der Waals surface area contributed by atoms with Crippen molar-refractivity contribution in [3.8, 4) is 5.69 Å². The van der Waals surface area contributed by atoms with Gasteiger partial charge in [0.25, 0.3) is 11.1 Å². The molecule has 1 aliphatic rings. The van der Waals surface area contributed by atoms with Gasteiger partial charge >= 0.3 is 0 Å². The fourth-order valence-corrected chi connectivity index (χ4v) is 5.03. The lowest BCUT2D eigenvalue weighted by Gasteiger charge is -2.35. The molecule has 0 spiro atoms. The minimum absolute atomic E-state index is 0.123. The second-order valence-corrected chi connectivity index (χ2v) is 9.78. The van der Waals surface area contributed by atoms with Crippen LogP contribution in [0.1, 0.15) is 11.3 Å². The summed E-state index contributed by atoms with van der Waals surface area (Å²) < 4.78 is 2.63. The summed E-state index contributed by atoms with van der Waals surface area (Å²) in [7, 11) is 0. The van der Waals surface area contributed by atoms with Crippen LogP contribution < -0.4 is 11.1 Å². The number of piperazine rings is 1. The normalized spacial score (nSPS) is 14.5. The molecule has 1 saturated heterocycles. The number of rotatable bonds is 5. The lowest BCUT2D eigenvalue weighted by atomic mass is 10.2. The molecule has 1 fully saturated rings. The number of aromatic nitrogens is 3. The Kier molecular flexibility index (Phi) is 6.75. The van der Waals surface area contributed by atoms with Gasteiger partial charge in [0, 0.05) is 49.5 Å². The summed E-state index contributed by atoms with van der Waals surface area (Å²) in [5.74, 6) is -0.146. The number of carbonyl (C=O) groups excluding carboxylic acids is 1. The predicted molar refractivity (Wildman–Crippen MR) is 141 cm³/mol. The van der Waals surface area contributed by atoms with Gasteiger partial charge in [-0.3, -0.25) is 24.4 Å². The molecule has 3 heterocycles. The van der Waals surface area contributed by atoms with Crippen LogP contribution in [0.3, 0.4) is 0 Å². The average molecular weight is 526 g/mol. The molecule has 1 amide bonds. The quantitative estimate of drug-likeness (QED) is 0.432. The summed E-state index contributed by atoms with van der Waals surface area (Å²) in [6.07, 6.45) is 0. The smallest absolute Gasteiger partial charge is 0.280 e. The van der Waals surface area contributed by atoms with Crippen LogP contribution in [-0.4, -0.2) is 56.2 Å². The van der Waals surface area contributed by atoms with Gasteiger partial charge in [-0.25, -0.2) is 4.68 Å². The van der Waals surface area contributed by atoms with Gasteiger partial charge in [0.1, 0.15) is 6.54 Å². The van der Waals surface area contributed by atoms with Crippen molar-refractivity contribution in [3.05, 3.63) is 96.6 Å². The Balaban J connectivity index is 1.36. The van der Waals surface area contributed by atoms with Gasteiger partial charge in [-0.15, -0.1) is 0 Å². The first kappa shape index (κ1) is 24.4. The van der Waals surface area contributed by atoms with Crippen molar-refractivity contribution in [3.63, 3.8) is 0 Å². The van der Waals surface area contributed by atoms with Crippen LogP contribution in [0, 0.1) is 6.92 Å². The summed E-state index contributed by atoms with van der Waals surface area (Å²) in [6.45, 7) is 5.09. The molecule has 10 heteroatoms. The van der Waals surface area contributed by atoms with Gasteiger partial charge < -0.3 is 9.47 Å². The highest BCUT2D eigenvalue weighted by Crippen LogP contribution is 2.24. The van der Waals surface area contributed by atoms with Gasteiger partial charge in [-0.05, 0) is 30.7 Å². The fourth-order valence-electron chi connectivity index (χ4n) is 4.67. The van der Waals surface area contributed by atoms with E-state index in [0.717, 1.165) is 19.6 Å². The van der Waals surface area contributed by atoms with Crippen molar-refractivity contribution in [1.29, 1.82) is 0 Å². The van der Waals surface area contributed by atoms with Gasteiger partial charge in [0.05, 0.1) is 21.6 Å². The zero-order valence-corrected chi connectivity index (χ0v) is 21.2. The van der Waals surface area contributed by atoms with Crippen LogP contribution in [0.15, 0.2) is 64.2 Å². The number of H-pyrrole nitrogens is 1. The molecule has 2 aromatic carbocycles. The molecule has 0 radical (unpaired) electrons. The van der Waals surface area contributed by atoms with E-state index in [0.29, 0.717) is 45.4 Å². The average Bonchev–Trinajstić information content (AvgIpc) is 3.19. The van der Waals surface area contributed by atoms with E-state index in [4.69, 9.17) is 23.2 Å². The molecule has 2 aromatic heterocycles. The van der Waals surface area contributed by atoms with Crippen LogP contribution in [-0.2, 0) is 17.9 Å². The largest absolute Gasteiger partial charge is 0.339 e. The molecule has 5 rings (SSSR count). The molecule has 4 aromatic rings. The first-order chi connectivity index (χ1) is 17.3. The Labute approximate surface area is 217 Å². The molecule has 1 aliphatic heterocycles. The maximum atomic E-state index is 13.3. The number of fused-ring (bicyclic) bond motifs is 1. The lowest BCUT2D eigenvalue weighted by molar-refractivity contribution is -0.133. The predicted octanol–water partition coefficient (Wildman–Crippen LogP) is 3.44. The van der Waals surface area contributed by atoms with E-state index in [9.17, 15) is 14.4 Å². The minimum Gasteiger partial charge on any atom is -0.339 e. The number of carbonyl (C=O) groups is 1. The molecule has 0 aliphatic carbocycles. The SMILES string of the molecule is Cc1c2c(=O)n(-c3cc(Cl)ccc3Cl)[nH]c2cc(=O)n1CC(=O)N1CCN(Cc2ccccc2)CC1. The molecule has 36 heavy (non-hydrogen) atoms. The zero-order chi connectivity index (χ0) is 25.4. The van der Waals surface area contributed by atoms with E-state index < -0.39 is 0 Å². The number of halogens is 2. The maximum Gasteiger partial charge on any atom is 0.280 e. The standard InChI is InChI=1S/C26H25Cl2N5O3/c1-17-25-21(29-33(26(25)36)22-13-19(27)7-8-20(22)28)14-23(34)32(17)16-24(35)31-11-9-30(10-12-31)15-18-5-3-2-4-6-18/h2-8,13-14,29H,9-12,15-16H2,1H3. The second kappa shape index (κ2) is 9.97. The minimum atomic E-state index is -0.373. The van der Waals surface area contributed by atoms with Gasteiger partial charge in [0.15, 0.2) is 0 Å². The number of hydrogen-bond acceptors (Lipinski definition) is 4. The number of aryl methyl sites for hydroxylation is 1. The van der Waals surface area contributed by atoms with Crippen molar-refractivity contribution in [2.75, 3.05) is 26.2 Å². The molecule has 1 N–H and O–H groups in total. The summed E-state index contributed by atoms with van der Waals surface area (Å²) in [6, 6.07) is 16.4. The van der Waals surface area contributed by atoms with Gasteiger partial charge in [-0.1, -0.05) is 53.5 Å². The van der Waals surface area contributed by atoms with Gasteiger partial charge in [0.2, 0.25) is 5.91 Å². The topological polar surface area (TPSA) is 83.3 Å². The van der Waals surface area contributed by atoms with E-state index in [-0.39, 0.29) is 23.6 Å². The summed E-state index contributed by atoms with van der Waals surface area (Å²) in [5.41, 5.74) is 1.68. The third-order valence-electron chi connectivity index (χ3n) is 6.64. The summed E-state index contributed by atoms with van der Waals surface area (Å²) >= 11 is 12.4. The van der Waals surface area contributed by atoms with Crippen LogP contribution in [0.4, 0.5) is 0 Å². The van der Waals surface area contributed by atoms with E-state index in [2.05, 4.69) is 22.1 Å². The second-order valence-electron chi connectivity index (χ2n) is 8.93. The van der Waals surface area contributed by atoms with Crippen LogP contribution in [0.2, 0.25) is 10.0 Å². The van der Waals surface area contributed by atoms with Crippen LogP contribution >= 0.6 is 23.2 Å². The number of nitrogens with zero attached hydrogens (tertiary/aromatic N) is 4. The third-order valence-corrected chi connectivity index (χ3v) is 7.19. The molecular weight excluding hydrogens is 501 g/mol. The lowest BCUT2D eigenvalue weighted by Crippen LogP contribution is -2.49. The monoisotopic (exact) mass is 525 g/mol. The molecule has 8 nitrogen and oxygen atoms in total. The fraction of sp³-hybridized carbons (Fsp3) is 0.269. The molecule has 186 valence electrons. The number of aromatic amines is 1. The highest BCUT2D eigenvalue weighted by Gasteiger charge is 2.23. The van der Waals surface area contributed by atoms with E-state index in [1.54, 1.807) is 30.0 Å². The van der Waals surface area contributed by atoms with Crippen molar-refractivity contribution < 1.29 is 4.79 Å². The molecule has 0 unspecified atom stereocenters. The third kappa shape index (κ3) is 4.72. The maximum absolute atomic E-state index is 13.3.